The first kappa shape index (κ1) is 8.87. The maximum atomic E-state index is 8.33. The summed E-state index contributed by atoms with van der Waals surface area (Å²) in [4.78, 5) is 8.33. The van der Waals surface area contributed by atoms with Crippen LogP contribution in [-0.2, 0) is 20.4 Å². The van der Waals surface area contributed by atoms with Crippen molar-refractivity contribution in [3.8, 4) is 0 Å². The van der Waals surface area contributed by atoms with Gasteiger partial charge in [0, 0.05) is 0 Å². The van der Waals surface area contributed by atoms with Crippen molar-refractivity contribution in [1.29, 1.82) is 0 Å². The molecule has 0 aromatic carbocycles. The first-order valence-electron chi connectivity index (χ1n) is 0.612. The Labute approximate surface area is 43.8 Å². The van der Waals surface area contributed by atoms with Crippen LogP contribution in [0.1, 0.15) is 1.43 Å². The maximum absolute atomic E-state index is 8.33. The van der Waals surface area contributed by atoms with Crippen molar-refractivity contribution in [3.63, 3.8) is 0 Å². The van der Waals surface area contributed by atoms with Crippen LogP contribution in [0, 0.1) is 0 Å². The Bertz CT molecular complexity index is 33.8. The van der Waals surface area contributed by atoms with Gasteiger partial charge in [-0.25, -0.2) is 0 Å². The second-order valence-corrected chi connectivity index (χ2v) is 0.250. The Morgan fingerprint density at radius 2 is 1.60 bits per heavy atom. The summed E-state index contributed by atoms with van der Waals surface area (Å²) in [6.07, 6.45) is -2.33. The largest absolute Gasteiger partial charge is 2.00 e. The molecule has 0 rings (SSSR count). The van der Waals surface area contributed by atoms with E-state index < -0.39 is 6.16 Å². The molecule has 0 bridgehead atoms. The quantitative estimate of drug-likeness (QED) is 0.380. The molecular weight excluding hydrogens is 166 g/mol. The standard InChI is InChI=1S/CH2O3.Pd/c2-1(3)4;/h(H2,2,3,4);/q;+2/p-1. The number of hydrogen-bond donors (Lipinski definition) is 0. The molecule has 4 heteroatoms. The zero-order chi connectivity index (χ0) is 3.58. The molecule has 0 atom stereocenters. The number of rotatable bonds is 0. The van der Waals surface area contributed by atoms with Gasteiger partial charge >= 0.3 is 21.8 Å². The first-order chi connectivity index (χ1) is 1.73. The van der Waals surface area contributed by atoms with Crippen LogP contribution in [0.25, 0.3) is 0 Å². The summed E-state index contributed by atoms with van der Waals surface area (Å²) in [7, 11) is 0. The molecule has 0 aromatic heterocycles. The van der Waals surface area contributed by atoms with Crippen molar-refractivity contribution in [2.75, 3.05) is 0 Å². The Morgan fingerprint density at radius 3 is 1.60 bits per heavy atom. The summed E-state index contributed by atoms with van der Waals surface area (Å²) in [5, 5.41) is 16.7. The molecule has 0 saturated heterocycles. The van der Waals surface area contributed by atoms with Gasteiger partial charge in [0.2, 0.25) is 0 Å². The smallest absolute Gasteiger partial charge is 0.652 e. The molecular formula is CHO3Pd+. The van der Waals surface area contributed by atoms with Gasteiger partial charge in [-0.1, -0.05) is 0 Å². The van der Waals surface area contributed by atoms with Crippen LogP contribution in [0.15, 0.2) is 0 Å². The van der Waals surface area contributed by atoms with Crippen LogP contribution in [0.5, 0.6) is 0 Å². The summed E-state index contributed by atoms with van der Waals surface area (Å²) in [5.74, 6) is 0. The molecule has 0 heterocycles. The normalized spacial score (nSPS) is 4.80. The van der Waals surface area contributed by atoms with E-state index in [1.54, 1.807) is 0 Å². The fraction of sp³-hybridized carbons (Fsp3) is 0. The molecule has 0 aromatic rings. The third-order valence-corrected chi connectivity index (χ3v) is 0. The predicted octanol–water partition coefficient (Wildman–Crippen LogP) is -2.34. The van der Waals surface area contributed by atoms with Crippen molar-refractivity contribution in [3.05, 3.63) is 0 Å². The number of carbonyl (C=O) groups excluding carboxylic acids is 1. The molecule has 5 heavy (non-hydrogen) atoms. The Morgan fingerprint density at radius 1 is 1.60 bits per heavy atom. The van der Waals surface area contributed by atoms with Crippen LogP contribution >= 0.6 is 0 Å². The van der Waals surface area contributed by atoms with Crippen molar-refractivity contribution in [1.82, 2.24) is 0 Å². The summed E-state index contributed by atoms with van der Waals surface area (Å²) >= 11 is 0. The SMILES string of the molecule is O=C([O-])[O-].[H+].[Pd+2]. The van der Waals surface area contributed by atoms with Crippen molar-refractivity contribution in [2.45, 2.75) is 0 Å². The zero-order valence-corrected chi connectivity index (χ0v) is 3.60. The first-order valence-corrected chi connectivity index (χ1v) is 0.612. The summed E-state index contributed by atoms with van der Waals surface area (Å²) in [6.45, 7) is 0. The molecule has 0 unspecified atom stereocenters. The van der Waals surface area contributed by atoms with E-state index in [2.05, 4.69) is 0 Å². The average Bonchev–Trinajstić information content (AvgIpc) is 0.811. The summed E-state index contributed by atoms with van der Waals surface area (Å²) in [5.41, 5.74) is 0. The minimum atomic E-state index is -2.33. The molecule has 0 spiro atoms. The molecule has 0 amide bonds. The van der Waals surface area contributed by atoms with Crippen LogP contribution in [0.4, 0.5) is 4.79 Å². The van der Waals surface area contributed by atoms with Crippen molar-refractivity contribution < 1.29 is 36.9 Å². The van der Waals surface area contributed by atoms with Crippen molar-refractivity contribution in [2.24, 2.45) is 0 Å². The molecule has 3 nitrogen and oxygen atoms in total. The minimum Gasteiger partial charge on any atom is -0.652 e. The number of hydrogen-bond acceptors (Lipinski definition) is 3. The Balaban J connectivity index is -0.0000000450. The van der Waals surface area contributed by atoms with E-state index in [9.17, 15) is 0 Å². The number of carbonyl (C=O) groups is 1. The van der Waals surface area contributed by atoms with Gasteiger partial charge in [-0.3, -0.25) is 0 Å². The van der Waals surface area contributed by atoms with E-state index in [0.29, 0.717) is 0 Å². The Kier molecular flexibility index (Phi) is 6.98. The van der Waals surface area contributed by atoms with Gasteiger partial charge in [-0.15, -0.1) is 0 Å². The van der Waals surface area contributed by atoms with Gasteiger partial charge in [-0.05, 0) is 6.16 Å². The summed E-state index contributed by atoms with van der Waals surface area (Å²) < 4.78 is 0. The molecule has 0 aliphatic heterocycles. The van der Waals surface area contributed by atoms with Crippen LogP contribution in [0.3, 0.4) is 0 Å². The van der Waals surface area contributed by atoms with E-state index in [-0.39, 0.29) is 21.8 Å². The zero-order valence-electron chi connectivity index (χ0n) is 3.04. The second-order valence-electron chi connectivity index (χ2n) is 0.250. The summed E-state index contributed by atoms with van der Waals surface area (Å²) in [6, 6.07) is 0. The molecule has 0 saturated carbocycles. The molecule has 0 fully saturated rings. The number of carboxylic acid groups (broad SMARTS) is 2. The molecule has 0 radical (unpaired) electrons. The Hall–Kier alpha value is -0.0677. The molecule has 0 aliphatic carbocycles. The predicted molar refractivity (Wildman–Crippen MR) is 6.51 cm³/mol. The van der Waals surface area contributed by atoms with Gasteiger partial charge in [-0.2, -0.15) is 0 Å². The topological polar surface area (TPSA) is 63.2 Å². The fourth-order valence-electron chi connectivity index (χ4n) is 0. The van der Waals surface area contributed by atoms with Crippen LogP contribution < -0.4 is 10.2 Å². The van der Waals surface area contributed by atoms with Gasteiger partial charge in [0.05, 0.1) is 0 Å². The van der Waals surface area contributed by atoms with Gasteiger partial charge in [0.15, 0.2) is 0 Å². The van der Waals surface area contributed by atoms with Crippen molar-refractivity contribution >= 4 is 6.16 Å². The third kappa shape index (κ3) is 3210. The molecule has 0 N–H and O–H groups in total. The van der Waals surface area contributed by atoms with E-state index in [1.165, 1.54) is 0 Å². The second kappa shape index (κ2) is 3.93. The third-order valence-electron chi connectivity index (χ3n) is 0. The average molecular weight is 167 g/mol. The van der Waals surface area contributed by atoms with E-state index in [4.69, 9.17) is 15.0 Å². The maximum Gasteiger partial charge on any atom is 2.00 e. The minimum absolute atomic E-state index is 0. The van der Waals surface area contributed by atoms with Gasteiger partial charge in [0.1, 0.15) is 0 Å². The monoisotopic (exact) mass is 167 g/mol. The van der Waals surface area contributed by atoms with Gasteiger partial charge < -0.3 is 15.0 Å². The molecule has 32 valence electrons. The van der Waals surface area contributed by atoms with Gasteiger partial charge in [0.25, 0.3) is 0 Å². The fourth-order valence-corrected chi connectivity index (χ4v) is 0. The van der Waals surface area contributed by atoms with E-state index in [1.807, 2.05) is 0 Å². The van der Waals surface area contributed by atoms with Crippen LogP contribution in [0.2, 0.25) is 0 Å². The van der Waals surface area contributed by atoms with Crippen LogP contribution in [-0.4, -0.2) is 6.16 Å². The molecule has 0 aliphatic rings. The van der Waals surface area contributed by atoms with E-state index in [0.717, 1.165) is 0 Å². The van der Waals surface area contributed by atoms with E-state index >= 15 is 0 Å².